The van der Waals surface area contributed by atoms with Crippen LogP contribution in [-0.2, 0) is 4.79 Å². The number of likely N-dealkylation sites (tertiary alicyclic amines) is 2. The summed E-state index contributed by atoms with van der Waals surface area (Å²) in [6, 6.07) is 7.65. The maximum atomic E-state index is 12.4. The van der Waals surface area contributed by atoms with Gasteiger partial charge < -0.3 is 10.2 Å². The summed E-state index contributed by atoms with van der Waals surface area (Å²) in [4.78, 5) is 28.8. The number of hydrogen-bond acceptors (Lipinski definition) is 4. The molecule has 1 atom stereocenters. The number of piperidine rings is 1. The van der Waals surface area contributed by atoms with Crippen molar-refractivity contribution in [1.29, 1.82) is 0 Å². The van der Waals surface area contributed by atoms with E-state index in [9.17, 15) is 9.59 Å². The molecule has 1 aromatic rings. The number of nitrogens with one attached hydrogen (secondary N) is 1. The maximum absolute atomic E-state index is 12.4. The summed E-state index contributed by atoms with van der Waals surface area (Å²) in [5.41, 5.74) is 1.33. The highest BCUT2D eigenvalue weighted by atomic mass is 16.2. The lowest BCUT2D eigenvalue weighted by atomic mass is 10.1. The zero-order valence-electron chi connectivity index (χ0n) is 15.2. The molecule has 2 fully saturated rings. The lowest BCUT2D eigenvalue weighted by Gasteiger charge is -2.32. The van der Waals surface area contributed by atoms with Gasteiger partial charge in [-0.15, -0.1) is 0 Å². The monoisotopic (exact) mass is 343 g/mol. The highest BCUT2D eigenvalue weighted by Crippen LogP contribution is 2.20. The second-order valence-corrected chi connectivity index (χ2v) is 7.31. The van der Waals surface area contributed by atoms with E-state index < -0.39 is 0 Å². The number of carbonyl (C=O) groups excluding carboxylic acids is 2. The molecule has 2 aliphatic heterocycles. The summed E-state index contributed by atoms with van der Waals surface area (Å²) in [5.74, 6) is 0.0171. The number of Topliss-reactive ketones (excluding diaryl/α,β-unsaturated/α-hetero) is 1. The van der Waals surface area contributed by atoms with E-state index in [4.69, 9.17) is 0 Å². The van der Waals surface area contributed by atoms with E-state index in [1.807, 2.05) is 6.07 Å². The molecular weight excluding hydrogens is 314 g/mol. The Labute approximate surface area is 150 Å². The minimum absolute atomic E-state index is 0.00578. The third-order valence-corrected chi connectivity index (χ3v) is 5.32. The normalized spacial score (nSPS) is 22.0. The highest BCUT2D eigenvalue weighted by molar-refractivity contribution is 5.97. The first-order valence-corrected chi connectivity index (χ1v) is 9.49. The minimum Gasteiger partial charge on any atom is -0.325 e. The smallest absolute Gasteiger partial charge is 0.238 e. The molecule has 136 valence electrons. The van der Waals surface area contributed by atoms with Crippen LogP contribution in [0.1, 0.15) is 49.4 Å². The molecule has 0 saturated carbocycles. The fourth-order valence-corrected chi connectivity index (χ4v) is 3.95. The van der Waals surface area contributed by atoms with Crippen LogP contribution >= 0.6 is 0 Å². The van der Waals surface area contributed by atoms with E-state index in [0.717, 1.165) is 13.1 Å². The van der Waals surface area contributed by atoms with Gasteiger partial charge in [0.25, 0.3) is 0 Å². The van der Waals surface area contributed by atoms with Crippen LogP contribution in [0.15, 0.2) is 24.3 Å². The molecule has 1 unspecified atom stereocenters. The van der Waals surface area contributed by atoms with Gasteiger partial charge in [-0.2, -0.15) is 0 Å². The van der Waals surface area contributed by atoms with E-state index in [2.05, 4.69) is 15.1 Å². The predicted molar refractivity (Wildman–Crippen MR) is 100.0 cm³/mol. The van der Waals surface area contributed by atoms with Crippen molar-refractivity contribution < 1.29 is 9.59 Å². The fraction of sp³-hybridized carbons (Fsp3) is 0.600. The molecule has 2 heterocycles. The van der Waals surface area contributed by atoms with Gasteiger partial charge in [-0.25, -0.2) is 0 Å². The first kappa shape index (κ1) is 18.1. The second kappa shape index (κ2) is 8.59. The Balaban J connectivity index is 1.52. The van der Waals surface area contributed by atoms with Gasteiger partial charge in [0, 0.05) is 23.8 Å². The summed E-state index contributed by atoms with van der Waals surface area (Å²) in [6.07, 6.45) is 6.32. The second-order valence-electron chi connectivity index (χ2n) is 7.31. The number of nitrogens with zero attached hydrogens (tertiary/aromatic N) is 2. The summed E-state index contributed by atoms with van der Waals surface area (Å²) < 4.78 is 0. The summed E-state index contributed by atoms with van der Waals surface area (Å²) in [7, 11) is 0. The molecule has 1 aromatic carbocycles. The van der Waals surface area contributed by atoms with Crippen LogP contribution in [-0.4, -0.2) is 60.3 Å². The molecule has 0 spiro atoms. The molecule has 0 bridgehead atoms. The largest absolute Gasteiger partial charge is 0.325 e. The number of carbonyl (C=O) groups is 2. The number of benzene rings is 1. The molecule has 25 heavy (non-hydrogen) atoms. The number of amides is 1. The molecule has 3 rings (SSSR count). The van der Waals surface area contributed by atoms with Crippen molar-refractivity contribution >= 4 is 17.4 Å². The highest BCUT2D eigenvalue weighted by Gasteiger charge is 2.28. The van der Waals surface area contributed by atoms with Crippen molar-refractivity contribution in [1.82, 2.24) is 9.80 Å². The van der Waals surface area contributed by atoms with Crippen LogP contribution in [0, 0.1) is 0 Å². The zero-order chi connectivity index (χ0) is 17.6. The molecule has 1 N–H and O–H groups in total. The maximum Gasteiger partial charge on any atom is 0.238 e. The van der Waals surface area contributed by atoms with Gasteiger partial charge in [0.2, 0.25) is 5.91 Å². The Morgan fingerprint density at radius 1 is 1.12 bits per heavy atom. The van der Waals surface area contributed by atoms with Gasteiger partial charge in [0.05, 0.1) is 6.54 Å². The fourth-order valence-electron chi connectivity index (χ4n) is 3.95. The first-order valence-electron chi connectivity index (χ1n) is 9.49. The molecule has 0 aromatic heterocycles. The minimum atomic E-state index is 0.00578. The average Bonchev–Trinajstić information content (AvgIpc) is 3.02. The van der Waals surface area contributed by atoms with Gasteiger partial charge in [0.15, 0.2) is 5.78 Å². The van der Waals surface area contributed by atoms with Crippen molar-refractivity contribution in [2.45, 2.75) is 45.1 Å². The predicted octanol–water partition coefficient (Wildman–Crippen LogP) is 2.78. The number of rotatable bonds is 6. The molecule has 2 aliphatic rings. The Kier molecular flexibility index (Phi) is 6.21. The van der Waals surface area contributed by atoms with Crippen molar-refractivity contribution in [2.75, 3.05) is 38.0 Å². The molecule has 0 aliphatic carbocycles. The third kappa shape index (κ3) is 5.13. The Bertz CT molecular complexity index is 611. The number of hydrogen-bond donors (Lipinski definition) is 1. The molecule has 5 nitrogen and oxygen atoms in total. The molecule has 5 heteroatoms. The first-order chi connectivity index (χ1) is 12.1. The lowest BCUT2D eigenvalue weighted by Crippen LogP contribution is -2.44. The summed E-state index contributed by atoms with van der Waals surface area (Å²) in [5, 5.41) is 2.94. The quantitative estimate of drug-likeness (QED) is 0.807. The van der Waals surface area contributed by atoms with Crippen LogP contribution in [0.2, 0.25) is 0 Å². The van der Waals surface area contributed by atoms with E-state index in [-0.39, 0.29) is 11.7 Å². The van der Waals surface area contributed by atoms with E-state index in [0.29, 0.717) is 23.8 Å². The van der Waals surface area contributed by atoms with Crippen LogP contribution in [0.25, 0.3) is 0 Å². The number of anilines is 1. The van der Waals surface area contributed by atoms with Gasteiger partial charge >= 0.3 is 0 Å². The Hall–Kier alpha value is -1.72. The molecular formula is C20H29N3O2. The molecule has 2 saturated heterocycles. The van der Waals surface area contributed by atoms with Crippen LogP contribution < -0.4 is 5.32 Å². The van der Waals surface area contributed by atoms with Crippen LogP contribution in [0.3, 0.4) is 0 Å². The molecule has 0 radical (unpaired) electrons. The van der Waals surface area contributed by atoms with Gasteiger partial charge in [-0.3, -0.25) is 14.5 Å². The van der Waals surface area contributed by atoms with Gasteiger partial charge in [0.1, 0.15) is 0 Å². The van der Waals surface area contributed by atoms with Crippen LogP contribution in [0.4, 0.5) is 5.69 Å². The Morgan fingerprint density at radius 3 is 2.68 bits per heavy atom. The summed E-state index contributed by atoms with van der Waals surface area (Å²) in [6.45, 7) is 6.47. The van der Waals surface area contributed by atoms with E-state index >= 15 is 0 Å². The van der Waals surface area contributed by atoms with Crippen molar-refractivity contribution in [3.63, 3.8) is 0 Å². The van der Waals surface area contributed by atoms with Crippen molar-refractivity contribution in [3.8, 4) is 0 Å². The Morgan fingerprint density at radius 2 is 1.92 bits per heavy atom. The number of ketones is 1. The standard InChI is InChI=1S/C20H29N3O2/c1-16(24)17-7-5-8-18(13-17)21-20(25)15-23-12-6-9-19(23)14-22-10-3-2-4-11-22/h5,7-8,13,19H,2-4,6,9-12,14-15H2,1H3,(H,21,25). The van der Waals surface area contributed by atoms with Crippen molar-refractivity contribution in [2.24, 2.45) is 0 Å². The van der Waals surface area contributed by atoms with E-state index in [1.54, 1.807) is 18.2 Å². The average molecular weight is 343 g/mol. The SMILES string of the molecule is CC(=O)c1cccc(NC(=O)CN2CCCC2CN2CCCCC2)c1. The lowest BCUT2D eigenvalue weighted by molar-refractivity contribution is -0.117. The zero-order valence-corrected chi connectivity index (χ0v) is 15.2. The van der Waals surface area contributed by atoms with Crippen LogP contribution in [0.5, 0.6) is 0 Å². The molecule has 1 amide bonds. The summed E-state index contributed by atoms with van der Waals surface area (Å²) >= 11 is 0. The van der Waals surface area contributed by atoms with Crippen molar-refractivity contribution in [3.05, 3.63) is 29.8 Å². The third-order valence-electron chi connectivity index (χ3n) is 5.32. The van der Waals surface area contributed by atoms with Gasteiger partial charge in [-0.05, 0) is 64.4 Å². The topological polar surface area (TPSA) is 52.7 Å². The van der Waals surface area contributed by atoms with Gasteiger partial charge in [-0.1, -0.05) is 18.6 Å². The van der Waals surface area contributed by atoms with E-state index in [1.165, 1.54) is 52.1 Å².